The standard InChI is InChI=1S/C30H38N4O4/c1-5-7-8-28(38-4)23(6-2)26-20-32-29-24(26)18-22(19-31-29)21-9-10-27(35)25(17-21)30(36)34-13-11-33(12-14-34)15-16-37-3/h6,8-10,17-20,35H,5,7,11-16H2,1-4H3,(H,31,32)/b23-6-,28-8+. The summed E-state index contributed by atoms with van der Waals surface area (Å²) in [6, 6.07) is 7.25. The van der Waals surface area contributed by atoms with Gasteiger partial charge in [-0.25, -0.2) is 4.98 Å². The minimum atomic E-state index is -0.158. The molecule has 8 nitrogen and oxygen atoms in total. The molecule has 3 aromatic rings. The molecule has 1 fully saturated rings. The van der Waals surface area contributed by atoms with Gasteiger partial charge in [-0.1, -0.05) is 25.5 Å². The number of H-pyrrole nitrogens is 1. The number of benzene rings is 1. The average Bonchev–Trinajstić information content (AvgIpc) is 3.37. The van der Waals surface area contributed by atoms with Gasteiger partial charge in [0.1, 0.15) is 17.2 Å². The lowest BCUT2D eigenvalue weighted by Gasteiger charge is -2.34. The van der Waals surface area contributed by atoms with Gasteiger partial charge < -0.3 is 24.5 Å². The highest BCUT2D eigenvalue weighted by Gasteiger charge is 2.24. The molecule has 1 aliphatic heterocycles. The Morgan fingerprint density at radius 2 is 1.92 bits per heavy atom. The Bertz CT molecular complexity index is 1320. The predicted molar refractivity (Wildman–Crippen MR) is 151 cm³/mol. The number of pyridine rings is 1. The lowest BCUT2D eigenvalue weighted by molar-refractivity contribution is 0.0591. The van der Waals surface area contributed by atoms with E-state index in [-0.39, 0.29) is 11.7 Å². The quantitative estimate of drug-likeness (QED) is 0.288. The van der Waals surface area contributed by atoms with E-state index in [0.29, 0.717) is 25.3 Å². The zero-order valence-corrected chi connectivity index (χ0v) is 22.8. The van der Waals surface area contributed by atoms with Gasteiger partial charge >= 0.3 is 0 Å². The number of ether oxygens (including phenoxy) is 2. The number of hydrogen-bond acceptors (Lipinski definition) is 6. The van der Waals surface area contributed by atoms with Crippen molar-refractivity contribution in [1.82, 2.24) is 19.8 Å². The molecule has 2 aromatic heterocycles. The van der Waals surface area contributed by atoms with Gasteiger partial charge in [0, 0.05) is 74.3 Å². The Morgan fingerprint density at radius 3 is 2.61 bits per heavy atom. The summed E-state index contributed by atoms with van der Waals surface area (Å²) in [5.74, 6) is 0.661. The fourth-order valence-corrected chi connectivity index (χ4v) is 4.85. The third-order valence-corrected chi connectivity index (χ3v) is 7.05. The normalized spacial score (nSPS) is 15.3. The maximum Gasteiger partial charge on any atom is 0.257 e. The van der Waals surface area contributed by atoms with Gasteiger partial charge in [-0.2, -0.15) is 0 Å². The van der Waals surface area contributed by atoms with Crippen LogP contribution in [0.4, 0.5) is 0 Å². The maximum absolute atomic E-state index is 13.3. The number of aromatic hydroxyl groups is 1. The molecular weight excluding hydrogens is 480 g/mol. The van der Waals surface area contributed by atoms with Crippen LogP contribution in [0.3, 0.4) is 0 Å². The number of piperazine rings is 1. The van der Waals surface area contributed by atoms with E-state index < -0.39 is 0 Å². The lowest BCUT2D eigenvalue weighted by Crippen LogP contribution is -2.49. The summed E-state index contributed by atoms with van der Waals surface area (Å²) in [5.41, 5.74) is 4.77. The van der Waals surface area contributed by atoms with E-state index in [9.17, 15) is 9.90 Å². The summed E-state index contributed by atoms with van der Waals surface area (Å²) >= 11 is 0. The van der Waals surface area contributed by atoms with E-state index in [2.05, 4.69) is 33.9 Å². The van der Waals surface area contributed by atoms with Crippen molar-refractivity contribution in [3.63, 3.8) is 0 Å². The third kappa shape index (κ3) is 5.92. The number of hydrogen-bond donors (Lipinski definition) is 2. The van der Waals surface area contributed by atoms with Crippen LogP contribution in [0.1, 0.15) is 42.6 Å². The van der Waals surface area contributed by atoms with Gasteiger partial charge in [0.2, 0.25) is 0 Å². The number of methoxy groups -OCH3 is 2. The summed E-state index contributed by atoms with van der Waals surface area (Å²) in [6.45, 7) is 8.48. The molecule has 0 bridgehead atoms. The van der Waals surface area contributed by atoms with Crippen molar-refractivity contribution in [2.75, 3.05) is 53.6 Å². The van der Waals surface area contributed by atoms with Crippen LogP contribution in [-0.2, 0) is 9.47 Å². The summed E-state index contributed by atoms with van der Waals surface area (Å²) in [7, 11) is 3.39. The van der Waals surface area contributed by atoms with Crippen molar-refractivity contribution < 1.29 is 19.4 Å². The maximum atomic E-state index is 13.3. The van der Waals surface area contributed by atoms with Gasteiger partial charge in [-0.15, -0.1) is 0 Å². The zero-order chi connectivity index (χ0) is 27.1. The molecule has 1 aromatic carbocycles. The molecule has 3 heterocycles. The minimum Gasteiger partial charge on any atom is -0.507 e. The summed E-state index contributed by atoms with van der Waals surface area (Å²) in [4.78, 5) is 25.3. The number of aromatic nitrogens is 2. The number of unbranched alkanes of at least 4 members (excludes halogenated alkanes) is 1. The Kier molecular flexibility index (Phi) is 9.20. The molecule has 0 spiro atoms. The first-order chi connectivity index (χ1) is 18.5. The number of fused-ring (bicyclic) bond motifs is 1. The molecule has 0 aliphatic carbocycles. The molecule has 1 amide bonds. The average molecular weight is 519 g/mol. The Morgan fingerprint density at radius 1 is 1.13 bits per heavy atom. The van der Waals surface area contributed by atoms with Crippen LogP contribution in [0.15, 0.2) is 54.6 Å². The number of allylic oxidation sites excluding steroid dienone is 3. The first kappa shape index (κ1) is 27.4. The topological polar surface area (TPSA) is 90.9 Å². The minimum absolute atomic E-state index is 0.0149. The first-order valence-electron chi connectivity index (χ1n) is 13.2. The van der Waals surface area contributed by atoms with Crippen molar-refractivity contribution in [1.29, 1.82) is 0 Å². The molecule has 8 heteroatoms. The molecule has 1 aliphatic rings. The van der Waals surface area contributed by atoms with E-state index in [4.69, 9.17) is 9.47 Å². The molecule has 0 radical (unpaired) electrons. The van der Waals surface area contributed by atoms with E-state index in [1.165, 1.54) is 0 Å². The number of rotatable bonds is 10. The highest BCUT2D eigenvalue weighted by Crippen LogP contribution is 2.34. The second-order valence-electron chi connectivity index (χ2n) is 9.44. The molecule has 4 rings (SSSR count). The van der Waals surface area contributed by atoms with Gasteiger partial charge in [0.15, 0.2) is 0 Å². The Balaban J connectivity index is 1.62. The second-order valence-corrected chi connectivity index (χ2v) is 9.44. The van der Waals surface area contributed by atoms with Crippen molar-refractivity contribution in [2.24, 2.45) is 0 Å². The molecule has 1 saturated heterocycles. The van der Waals surface area contributed by atoms with E-state index in [1.54, 1.807) is 37.4 Å². The number of aromatic amines is 1. The van der Waals surface area contributed by atoms with Crippen LogP contribution in [0, 0.1) is 0 Å². The van der Waals surface area contributed by atoms with Crippen molar-refractivity contribution in [3.05, 3.63) is 65.7 Å². The lowest BCUT2D eigenvalue weighted by atomic mass is 9.99. The van der Waals surface area contributed by atoms with Crippen LogP contribution in [0.25, 0.3) is 27.7 Å². The van der Waals surface area contributed by atoms with Crippen molar-refractivity contribution in [3.8, 4) is 16.9 Å². The van der Waals surface area contributed by atoms with Gasteiger partial charge in [-0.05, 0) is 43.2 Å². The molecule has 0 unspecified atom stereocenters. The SMILES string of the molecule is C/C=C(\C(=C/CCC)OC)c1c[nH]c2ncc(-c3ccc(O)c(C(=O)N4CCN(CCOC)CC4)c3)cc12. The summed E-state index contributed by atoms with van der Waals surface area (Å²) in [5, 5.41) is 11.5. The van der Waals surface area contributed by atoms with E-state index in [1.807, 2.05) is 25.3 Å². The molecule has 38 heavy (non-hydrogen) atoms. The molecular formula is C30H38N4O4. The summed E-state index contributed by atoms with van der Waals surface area (Å²) < 4.78 is 10.9. The zero-order valence-electron chi connectivity index (χ0n) is 22.8. The second kappa shape index (κ2) is 12.8. The smallest absolute Gasteiger partial charge is 0.257 e. The molecule has 0 saturated carbocycles. The van der Waals surface area contributed by atoms with Crippen molar-refractivity contribution >= 4 is 22.5 Å². The Hall–Kier alpha value is -3.62. The number of phenols is 1. The van der Waals surface area contributed by atoms with Crippen molar-refractivity contribution in [2.45, 2.75) is 26.7 Å². The highest BCUT2D eigenvalue weighted by atomic mass is 16.5. The number of nitrogens with zero attached hydrogens (tertiary/aromatic N) is 3. The first-order valence-corrected chi connectivity index (χ1v) is 13.2. The number of amides is 1. The van der Waals surface area contributed by atoms with Crippen LogP contribution in [-0.4, -0.2) is 84.3 Å². The predicted octanol–water partition coefficient (Wildman–Crippen LogP) is 5.07. The van der Waals surface area contributed by atoms with Crippen LogP contribution < -0.4 is 0 Å². The molecule has 0 atom stereocenters. The van der Waals surface area contributed by atoms with Crippen LogP contribution in [0.5, 0.6) is 5.75 Å². The third-order valence-electron chi connectivity index (χ3n) is 7.05. The molecule has 202 valence electrons. The highest BCUT2D eigenvalue weighted by molar-refractivity contribution is 5.99. The Labute approximate surface area is 224 Å². The van der Waals surface area contributed by atoms with Gasteiger partial charge in [0.05, 0.1) is 19.3 Å². The monoisotopic (exact) mass is 518 g/mol. The van der Waals surface area contributed by atoms with Gasteiger partial charge in [0.25, 0.3) is 5.91 Å². The summed E-state index contributed by atoms with van der Waals surface area (Å²) in [6.07, 6.45) is 9.87. The fourth-order valence-electron chi connectivity index (χ4n) is 4.85. The molecule has 2 N–H and O–H groups in total. The van der Waals surface area contributed by atoms with Crippen LogP contribution >= 0.6 is 0 Å². The van der Waals surface area contributed by atoms with Crippen LogP contribution in [0.2, 0.25) is 0 Å². The fraction of sp³-hybridized carbons (Fsp3) is 0.400. The number of carbonyl (C=O) groups is 1. The number of phenolic OH excluding ortho intramolecular Hbond substituents is 1. The van der Waals surface area contributed by atoms with E-state index in [0.717, 1.165) is 71.5 Å². The number of nitrogens with one attached hydrogen (secondary N) is 1. The van der Waals surface area contributed by atoms with E-state index >= 15 is 0 Å². The largest absolute Gasteiger partial charge is 0.507 e. The number of carbonyl (C=O) groups excluding carboxylic acids is 1. The van der Waals surface area contributed by atoms with Gasteiger partial charge in [-0.3, -0.25) is 9.69 Å².